The molecule has 0 saturated heterocycles. The Balaban J connectivity index is 1.53. The molecule has 7 heteroatoms. The van der Waals surface area contributed by atoms with Crippen molar-refractivity contribution in [1.29, 1.82) is 0 Å². The van der Waals surface area contributed by atoms with E-state index < -0.39 is 0 Å². The van der Waals surface area contributed by atoms with Crippen LogP contribution in [-0.2, 0) is 6.54 Å². The van der Waals surface area contributed by atoms with Gasteiger partial charge in [0.1, 0.15) is 5.82 Å². The number of aryl methyl sites for hydroxylation is 2. The molecule has 0 spiro atoms. The first-order valence-electron chi connectivity index (χ1n) is 8.52. The van der Waals surface area contributed by atoms with Crippen LogP contribution < -0.4 is 10.2 Å². The Morgan fingerprint density at radius 2 is 1.96 bits per heavy atom. The van der Waals surface area contributed by atoms with E-state index in [0.717, 1.165) is 36.8 Å². The Bertz CT molecular complexity index is 844. The molecule has 0 radical (unpaired) electrons. The van der Waals surface area contributed by atoms with Crippen LogP contribution in [0.1, 0.15) is 22.7 Å². The van der Waals surface area contributed by atoms with Crippen LogP contribution in [0.25, 0.3) is 0 Å². The summed E-state index contributed by atoms with van der Waals surface area (Å²) in [6, 6.07) is 12.8. The maximum atomic E-state index is 12.2. The molecule has 7 nitrogen and oxygen atoms in total. The van der Waals surface area contributed by atoms with Gasteiger partial charge >= 0.3 is 0 Å². The molecule has 3 aromatic rings. The van der Waals surface area contributed by atoms with Crippen LogP contribution in [0.4, 0.5) is 11.5 Å². The molecule has 0 saturated carbocycles. The molecular weight excluding hydrogens is 328 g/mol. The van der Waals surface area contributed by atoms with Crippen molar-refractivity contribution in [3.8, 4) is 0 Å². The number of aromatic nitrogens is 4. The van der Waals surface area contributed by atoms with Gasteiger partial charge in [-0.3, -0.25) is 4.79 Å². The quantitative estimate of drug-likeness (QED) is 0.709. The van der Waals surface area contributed by atoms with Gasteiger partial charge in [0.05, 0.1) is 0 Å². The summed E-state index contributed by atoms with van der Waals surface area (Å²) in [5.41, 5.74) is 1.02. The fraction of sp³-hybridized carbons (Fsp3) is 0.263. The van der Waals surface area contributed by atoms with Crippen molar-refractivity contribution in [2.45, 2.75) is 19.9 Å². The number of hydrogen-bond donors (Lipinski definition) is 1. The highest BCUT2D eigenvalue weighted by Crippen LogP contribution is 2.11. The smallest absolute Gasteiger partial charge is 0.276 e. The molecule has 0 aliphatic heterocycles. The molecule has 0 aliphatic carbocycles. The lowest BCUT2D eigenvalue weighted by molar-refractivity contribution is 0.102. The van der Waals surface area contributed by atoms with Crippen LogP contribution in [0.15, 0.2) is 54.9 Å². The monoisotopic (exact) mass is 350 g/mol. The summed E-state index contributed by atoms with van der Waals surface area (Å²) >= 11 is 0. The van der Waals surface area contributed by atoms with E-state index >= 15 is 0 Å². The molecular formula is C19H22N6O. The number of imidazole rings is 1. The van der Waals surface area contributed by atoms with Gasteiger partial charge in [0.2, 0.25) is 0 Å². The van der Waals surface area contributed by atoms with Gasteiger partial charge in [-0.15, -0.1) is 10.2 Å². The number of para-hydroxylation sites is 1. The molecule has 0 bridgehead atoms. The lowest BCUT2D eigenvalue weighted by atomic mass is 10.3. The number of nitrogens with one attached hydrogen (secondary N) is 1. The van der Waals surface area contributed by atoms with Crippen LogP contribution in [0.2, 0.25) is 0 Å². The van der Waals surface area contributed by atoms with Crippen LogP contribution in [0.3, 0.4) is 0 Å². The number of amides is 1. The maximum Gasteiger partial charge on any atom is 0.276 e. The molecule has 134 valence electrons. The van der Waals surface area contributed by atoms with Crippen LogP contribution in [-0.4, -0.2) is 39.2 Å². The average molecular weight is 350 g/mol. The summed E-state index contributed by atoms with van der Waals surface area (Å²) in [6.45, 7) is 3.73. The van der Waals surface area contributed by atoms with Gasteiger partial charge in [-0.05, 0) is 37.6 Å². The third kappa shape index (κ3) is 4.44. The second kappa shape index (κ2) is 8.24. The van der Waals surface area contributed by atoms with Crippen molar-refractivity contribution in [1.82, 2.24) is 19.7 Å². The highest BCUT2D eigenvalue weighted by atomic mass is 16.1. The van der Waals surface area contributed by atoms with E-state index in [1.165, 1.54) is 0 Å². The third-order valence-corrected chi connectivity index (χ3v) is 4.12. The van der Waals surface area contributed by atoms with E-state index in [9.17, 15) is 4.79 Å². The normalized spacial score (nSPS) is 10.5. The number of anilines is 2. The third-order valence-electron chi connectivity index (χ3n) is 4.12. The highest BCUT2D eigenvalue weighted by Gasteiger charge is 2.10. The molecule has 26 heavy (non-hydrogen) atoms. The number of carbonyl (C=O) groups excluding carboxylic acids is 1. The first-order chi connectivity index (χ1) is 12.6. The molecule has 1 N–H and O–H groups in total. The van der Waals surface area contributed by atoms with Crippen LogP contribution in [0, 0.1) is 6.92 Å². The number of rotatable bonds is 7. The Morgan fingerprint density at radius 1 is 1.15 bits per heavy atom. The topological polar surface area (TPSA) is 75.9 Å². The van der Waals surface area contributed by atoms with Gasteiger partial charge in [0, 0.05) is 38.2 Å². The van der Waals surface area contributed by atoms with E-state index in [0.29, 0.717) is 5.69 Å². The zero-order valence-corrected chi connectivity index (χ0v) is 15.0. The van der Waals surface area contributed by atoms with Crippen molar-refractivity contribution in [2.24, 2.45) is 0 Å². The second-order valence-electron chi connectivity index (χ2n) is 6.04. The molecule has 0 fully saturated rings. The lowest BCUT2D eigenvalue weighted by Crippen LogP contribution is -2.22. The minimum absolute atomic E-state index is 0.270. The second-order valence-corrected chi connectivity index (χ2v) is 6.04. The summed E-state index contributed by atoms with van der Waals surface area (Å²) < 4.78 is 2.12. The van der Waals surface area contributed by atoms with E-state index in [1.54, 1.807) is 6.07 Å². The Labute approximate surface area is 152 Å². The number of hydrogen-bond acceptors (Lipinski definition) is 5. The average Bonchev–Trinajstić information content (AvgIpc) is 3.07. The van der Waals surface area contributed by atoms with Gasteiger partial charge in [0.15, 0.2) is 11.5 Å². The molecule has 2 heterocycles. The molecule has 0 aliphatic rings. The lowest BCUT2D eigenvalue weighted by Gasteiger charge is -2.17. The summed E-state index contributed by atoms with van der Waals surface area (Å²) in [4.78, 5) is 18.4. The molecule has 2 aromatic heterocycles. The van der Waals surface area contributed by atoms with E-state index in [1.807, 2.05) is 67.7 Å². The first-order valence-corrected chi connectivity index (χ1v) is 8.52. The van der Waals surface area contributed by atoms with Gasteiger partial charge < -0.3 is 14.8 Å². The van der Waals surface area contributed by atoms with E-state index in [2.05, 4.69) is 25.1 Å². The molecule has 3 rings (SSSR count). The molecule has 0 unspecified atom stereocenters. The van der Waals surface area contributed by atoms with Gasteiger partial charge in [-0.25, -0.2) is 4.98 Å². The number of nitrogens with zero attached hydrogens (tertiary/aromatic N) is 5. The SMILES string of the molecule is Cc1nccn1CCCN(C)c1ccc(C(=O)Nc2ccccc2)nn1. The zero-order valence-electron chi connectivity index (χ0n) is 15.0. The number of carbonyl (C=O) groups is 1. The summed E-state index contributed by atoms with van der Waals surface area (Å²) in [7, 11) is 1.97. The molecule has 1 amide bonds. The van der Waals surface area contributed by atoms with Crippen LogP contribution >= 0.6 is 0 Å². The van der Waals surface area contributed by atoms with E-state index in [4.69, 9.17) is 0 Å². The number of benzene rings is 1. The Kier molecular flexibility index (Phi) is 5.58. The van der Waals surface area contributed by atoms with Crippen molar-refractivity contribution in [3.05, 3.63) is 66.4 Å². The predicted octanol–water partition coefficient (Wildman–Crippen LogP) is 2.76. The summed E-state index contributed by atoms with van der Waals surface area (Å²) in [5.74, 6) is 1.48. The van der Waals surface area contributed by atoms with Crippen molar-refractivity contribution in [3.63, 3.8) is 0 Å². The van der Waals surface area contributed by atoms with Crippen LogP contribution in [0.5, 0.6) is 0 Å². The summed E-state index contributed by atoms with van der Waals surface area (Å²) in [5, 5.41) is 11.0. The minimum atomic E-state index is -0.270. The largest absolute Gasteiger partial charge is 0.358 e. The van der Waals surface area contributed by atoms with E-state index in [-0.39, 0.29) is 5.91 Å². The van der Waals surface area contributed by atoms with Crippen molar-refractivity contribution in [2.75, 3.05) is 23.8 Å². The summed E-state index contributed by atoms with van der Waals surface area (Å²) in [6.07, 6.45) is 4.75. The molecule has 0 atom stereocenters. The minimum Gasteiger partial charge on any atom is -0.358 e. The fourth-order valence-corrected chi connectivity index (χ4v) is 2.60. The predicted molar refractivity (Wildman–Crippen MR) is 101 cm³/mol. The Morgan fingerprint density at radius 3 is 2.62 bits per heavy atom. The maximum absolute atomic E-state index is 12.2. The van der Waals surface area contributed by atoms with Gasteiger partial charge in [0.25, 0.3) is 5.91 Å². The zero-order chi connectivity index (χ0) is 18.4. The fourth-order valence-electron chi connectivity index (χ4n) is 2.60. The molecule has 1 aromatic carbocycles. The van der Waals surface area contributed by atoms with Crippen molar-refractivity contribution >= 4 is 17.4 Å². The Hall–Kier alpha value is -3.22. The van der Waals surface area contributed by atoms with Gasteiger partial charge in [-0.2, -0.15) is 0 Å². The standard InChI is InChI=1S/C19H22N6O/c1-15-20-11-14-25(15)13-6-12-24(2)18-10-9-17(22-23-18)19(26)21-16-7-4-3-5-8-16/h3-5,7-11,14H,6,12-13H2,1-2H3,(H,21,26). The first kappa shape index (κ1) is 17.6. The van der Waals surface area contributed by atoms with Gasteiger partial charge in [-0.1, -0.05) is 18.2 Å². The highest BCUT2D eigenvalue weighted by molar-refractivity contribution is 6.02. The van der Waals surface area contributed by atoms with Crippen molar-refractivity contribution < 1.29 is 4.79 Å².